The average molecular weight is 449 g/mol. The van der Waals surface area contributed by atoms with Gasteiger partial charge in [-0.15, -0.1) is 11.3 Å². The number of thiophene rings is 1. The Labute approximate surface area is 193 Å². The van der Waals surface area contributed by atoms with Gasteiger partial charge in [-0.25, -0.2) is 0 Å². The van der Waals surface area contributed by atoms with Gasteiger partial charge in [-0.05, 0) is 54.1 Å². The summed E-state index contributed by atoms with van der Waals surface area (Å²) in [7, 11) is 0. The van der Waals surface area contributed by atoms with E-state index in [1.807, 2.05) is 30.3 Å². The maximum Gasteiger partial charge on any atom is 0.234 e. The molecule has 2 aromatic carbocycles. The van der Waals surface area contributed by atoms with E-state index in [0.717, 1.165) is 47.7 Å². The smallest absolute Gasteiger partial charge is 0.234 e. The van der Waals surface area contributed by atoms with Crippen molar-refractivity contribution in [3.8, 4) is 11.5 Å². The van der Waals surface area contributed by atoms with Gasteiger partial charge in [0.05, 0.1) is 25.8 Å². The number of hydrogen-bond acceptors (Lipinski definition) is 5. The lowest BCUT2D eigenvalue weighted by Gasteiger charge is -2.26. The van der Waals surface area contributed by atoms with Crippen molar-refractivity contribution < 1.29 is 14.3 Å². The normalized spacial score (nSPS) is 19.3. The molecule has 0 aliphatic carbocycles. The zero-order valence-electron chi connectivity index (χ0n) is 18.0. The van der Waals surface area contributed by atoms with Crippen LogP contribution >= 0.6 is 11.3 Å². The average Bonchev–Trinajstić information content (AvgIpc) is 3.46. The van der Waals surface area contributed by atoms with Crippen LogP contribution in [0.15, 0.2) is 66.0 Å². The van der Waals surface area contributed by atoms with Crippen molar-refractivity contribution in [1.29, 1.82) is 0 Å². The number of fused-ring (bicyclic) bond motifs is 1. The molecular weight excluding hydrogens is 420 g/mol. The van der Waals surface area contributed by atoms with Gasteiger partial charge in [0.1, 0.15) is 0 Å². The maximum atomic E-state index is 13.1. The van der Waals surface area contributed by atoms with Gasteiger partial charge in [0.25, 0.3) is 0 Å². The highest BCUT2D eigenvalue weighted by Crippen LogP contribution is 2.37. The molecule has 0 bridgehead atoms. The van der Waals surface area contributed by atoms with E-state index in [4.69, 9.17) is 9.47 Å². The van der Waals surface area contributed by atoms with Gasteiger partial charge < -0.3 is 14.8 Å². The van der Waals surface area contributed by atoms with Crippen LogP contribution in [0.5, 0.6) is 11.5 Å². The highest BCUT2D eigenvalue weighted by atomic mass is 32.1. The Bertz CT molecular complexity index is 1040. The second kappa shape index (κ2) is 9.76. The molecule has 1 N–H and O–H groups in total. The number of nitrogens with one attached hydrogen (secondary N) is 1. The predicted octanol–water partition coefficient (Wildman–Crippen LogP) is 4.95. The fourth-order valence-corrected chi connectivity index (χ4v) is 5.39. The third-order valence-electron chi connectivity index (χ3n) is 6.13. The lowest BCUT2D eigenvalue weighted by atomic mass is 10.0. The van der Waals surface area contributed by atoms with Gasteiger partial charge in [0.15, 0.2) is 11.5 Å². The molecule has 1 aromatic heterocycles. The summed E-state index contributed by atoms with van der Waals surface area (Å²) >= 11 is 1.67. The summed E-state index contributed by atoms with van der Waals surface area (Å²) in [6.07, 6.45) is 3.02. The lowest BCUT2D eigenvalue weighted by Crippen LogP contribution is -2.38. The molecule has 166 valence electrons. The van der Waals surface area contributed by atoms with Crippen LogP contribution in [0.2, 0.25) is 0 Å². The number of ether oxygens (including phenoxy) is 2. The zero-order valence-corrected chi connectivity index (χ0v) is 18.9. The molecule has 6 heteroatoms. The van der Waals surface area contributed by atoms with Crippen molar-refractivity contribution in [2.24, 2.45) is 0 Å². The molecule has 0 radical (unpaired) electrons. The zero-order chi connectivity index (χ0) is 21.8. The Kier molecular flexibility index (Phi) is 6.41. The van der Waals surface area contributed by atoms with Gasteiger partial charge in [0.2, 0.25) is 5.91 Å². The Morgan fingerprint density at radius 2 is 1.88 bits per heavy atom. The highest BCUT2D eigenvalue weighted by Gasteiger charge is 2.29. The third-order valence-corrected chi connectivity index (χ3v) is 7.07. The largest absolute Gasteiger partial charge is 0.490 e. The van der Waals surface area contributed by atoms with Crippen molar-refractivity contribution in [3.63, 3.8) is 0 Å². The molecule has 0 saturated carbocycles. The van der Waals surface area contributed by atoms with Gasteiger partial charge >= 0.3 is 0 Å². The first kappa shape index (κ1) is 21.0. The predicted molar refractivity (Wildman–Crippen MR) is 126 cm³/mol. The quantitative estimate of drug-likeness (QED) is 0.580. The molecule has 1 saturated heterocycles. The van der Waals surface area contributed by atoms with E-state index in [0.29, 0.717) is 19.8 Å². The van der Waals surface area contributed by atoms with E-state index in [1.54, 1.807) is 11.3 Å². The summed E-state index contributed by atoms with van der Waals surface area (Å²) in [5.41, 5.74) is 2.29. The van der Waals surface area contributed by atoms with E-state index in [2.05, 4.69) is 45.9 Å². The Hall–Kier alpha value is -2.83. The number of likely N-dealkylation sites (tertiary alicyclic amines) is 1. The summed E-state index contributed by atoms with van der Waals surface area (Å²) in [5.74, 6) is 1.68. The van der Waals surface area contributed by atoms with Crippen molar-refractivity contribution in [3.05, 3.63) is 82.0 Å². The first-order chi connectivity index (χ1) is 15.8. The summed E-state index contributed by atoms with van der Waals surface area (Å²) in [6, 6.07) is 20.6. The summed E-state index contributed by atoms with van der Waals surface area (Å²) in [5, 5.41) is 5.33. The monoisotopic (exact) mass is 448 g/mol. The Balaban J connectivity index is 1.30. The SMILES string of the molecule is O=C(CN1CCC[C@@H]1c1ccc2c(c1)OCCCO2)N[C@@H](c1ccccc1)c1cccs1. The number of nitrogens with zero attached hydrogens (tertiary/aromatic N) is 1. The molecule has 3 heterocycles. The molecule has 2 aliphatic rings. The topological polar surface area (TPSA) is 50.8 Å². The highest BCUT2D eigenvalue weighted by molar-refractivity contribution is 7.10. The molecule has 5 nitrogen and oxygen atoms in total. The van der Waals surface area contributed by atoms with Gasteiger partial charge in [-0.2, -0.15) is 0 Å². The van der Waals surface area contributed by atoms with Crippen molar-refractivity contribution >= 4 is 17.2 Å². The van der Waals surface area contributed by atoms with E-state index in [9.17, 15) is 4.79 Å². The minimum atomic E-state index is -0.122. The van der Waals surface area contributed by atoms with Crippen molar-refractivity contribution in [2.45, 2.75) is 31.3 Å². The maximum absolute atomic E-state index is 13.1. The Morgan fingerprint density at radius 3 is 2.69 bits per heavy atom. The molecule has 2 aliphatic heterocycles. The third kappa shape index (κ3) is 4.66. The van der Waals surface area contributed by atoms with Crippen molar-refractivity contribution in [1.82, 2.24) is 10.2 Å². The number of benzene rings is 2. The molecule has 0 spiro atoms. The second-order valence-corrected chi connectivity index (χ2v) is 9.29. The van der Waals surface area contributed by atoms with Crippen LogP contribution in [-0.2, 0) is 4.79 Å². The van der Waals surface area contributed by atoms with Crippen LogP contribution in [0.25, 0.3) is 0 Å². The molecule has 3 aromatic rings. The fourth-order valence-electron chi connectivity index (χ4n) is 4.59. The number of amides is 1. The molecular formula is C26H28N2O3S. The number of hydrogen-bond donors (Lipinski definition) is 1. The minimum absolute atomic E-state index is 0.0495. The van der Waals surface area contributed by atoms with Crippen LogP contribution in [0.4, 0.5) is 0 Å². The first-order valence-electron chi connectivity index (χ1n) is 11.3. The van der Waals surface area contributed by atoms with E-state index < -0.39 is 0 Å². The van der Waals surface area contributed by atoms with Crippen molar-refractivity contribution in [2.75, 3.05) is 26.3 Å². The van der Waals surface area contributed by atoms with Crippen LogP contribution in [0.1, 0.15) is 47.4 Å². The van der Waals surface area contributed by atoms with Crippen LogP contribution < -0.4 is 14.8 Å². The van der Waals surface area contributed by atoms with Gasteiger partial charge in [0, 0.05) is 17.3 Å². The summed E-state index contributed by atoms with van der Waals surface area (Å²) in [6.45, 7) is 2.67. The molecule has 2 atom stereocenters. The second-order valence-electron chi connectivity index (χ2n) is 8.31. The van der Waals surface area contributed by atoms with Crippen LogP contribution in [0, 0.1) is 0 Å². The minimum Gasteiger partial charge on any atom is -0.490 e. The van der Waals surface area contributed by atoms with Gasteiger partial charge in [-0.1, -0.05) is 42.5 Å². The van der Waals surface area contributed by atoms with E-state index in [-0.39, 0.29) is 18.0 Å². The molecule has 32 heavy (non-hydrogen) atoms. The molecule has 1 fully saturated rings. The number of carbonyl (C=O) groups excluding carboxylic acids is 1. The van der Waals surface area contributed by atoms with Crippen LogP contribution in [-0.4, -0.2) is 37.1 Å². The molecule has 5 rings (SSSR count). The Morgan fingerprint density at radius 1 is 1.03 bits per heavy atom. The number of carbonyl (C=O) groups is 1. The van der Waals surface area contributed by atoms with E-state index in [1.165, 1.54) is 5.56 Å². The summed E-state index contributed by atoms with van der Waals surface area (Å²) in [4.78, 5) is 16.6. The van der Waals surface area contributed by atoms with Crippen LogP contribution in [0.3, 0.4) is 0 Å². The van der Waals surface area contributed by atoms with E-state index >= 15 is 0 Å². The lowest BCUT2D eigenvalue weighted by molar-refractivity contribution is -0.123. The fraction of sp³-hybridized carbons (Fsp3) is 0.346. The first-order valence-corrected chi connectivity index (χ1v) is 12.2. The molecule has 1 amide bonds. The van der Waals surface area contributed by atoms with Gasteiger partial charge in [-0.3, -0.25) is 9.69 Å². The summed E-state index contributed by atoms with van der Waals surface area (Å²) < 4.78 is 11.7. The standard InChI is InChI=1S/C26H28N2O3S/c29-25(27-26(24-10-5-16-32-24)19-7-2-1-3-8-19)18-28-13-4-9-21(28)20-11-12-22-23(17-20)31-15-6-14-30-22/h1-3,5,7-8,10-12,16-17,21,26H,4,6,9,13-15,18H2,(H,27,29)/t21-,26+/m1/s1. The number of rotatable bonds is 6. The molecule has 0 unspecified atom stereocenters.